The Morgan fingerprint density at radius 3 is 2.80 bits per heavy atom. The first-order chi connectivity index (χ1) is 9.52. The fourth-order valence-electron chi connectivity index (χ4n) is 2.28. The first-order valence-electron chi connectivity index (χ1n) is 7.28. The number of fused-ring (bicyclic) bond motifs is 1. The summed E-state index contributed by atoms with van der Waals surface area (Å²) in [6.45, 7) is 13.1. The highest BCUT2D eigenvalue weighted by Crippen LogP contribution is 2.20. The number of aryl methyl sites for hydroxylation is 2. The average molecular weight is 295 g/mol. The Bertz CT molecular complexity index is 559. The molecule has 5 heteroatoms. The molecule has 1 atom stereocenters. The van der Waals surface area contributed by atoms with Crippen molar-refractivity contribution < 1.29 is 4.74 Å². The summed E-state index contributed by atoms with van der Waals surface area (Å²) in [5, 5.41) is 3.62. The Kier molecular flexibility index (Phi) is 5.18. The molecule has 0 saturated carbocycles. The number of imidazole rings is 1. The monoisotopic (exact) mass is 295 g/mol. The predicted molar refractivity (Wildman–Crippen MR) is 84.5 cm³/mol. The Morgan fingerprint density at radius 2 is 2.15 bits per heavy atom. The van der Waals surface area contributed by atoms with E-state index in [0.29, 0.717) is 12.0 Å². The lowest BCUT2D eigenvalue weighted by molar-refractivity contribution is 0.107. The Morgan fingerprint density at radius 1 is 1.40 bits per heavy atom. The molecule has 112 valence electrons. The van der Waals surface area contributed by atoms with Crippen molar-refractivity contribution in [1.29, 1.82) is 0 Å². The van der Waals surface area contributed by atoms with Crippen LogP contribution in [0.5, 0.6) is 0 Å². The van der Waals surface area contributed by atoms with Crippen molar-refractivity contribution in [2.75, 3.05) is 13.2 Å². The highest BCUT2D eigenvalue weighted by Gasteiger charge is 2.16. The number of aromatic nitrogens is 2. The molecule has 2 heterocycles. The maximum absolute atomic E-state index is 5.57. The first-order valence-corrected chi connectivity index (χ1v) is 8.09. The molecule has 2 aromatic heterocycles. The number of thiazole rings is 1. The number of rotatable bonds is 7. The molecule has 0 bridgehead atoms. The van der Waals surface area contributed by atoms with Crippen LogP contribution in [0.2, 0.25) is 0 Å². The summed E-state index contributed by atoms with van der Waals surface area (Å²) in [5.74, 6) is 0.550. The maximum atomic E-state index is 5.57. The van der Waals surface area contributed by atoms with Gasteiger partial charge < -0.3 is 10.1 Å². The molecule has 1 N–H and O–H groups in total. The standard InChI is InChI=1S/C15H25N3OS/c1-6-19-9-13(10(2)3)16-7-14-12(5)17-15-18(14)8-11(4)20-15/h8,10,13,16H,6-7,9H2,1-5H3. The zero-order valence-electron chi connectivity index (χ0n) is 13.1. The molecular weight excluding hydrogens is 270 g/mol. The van der Waals surface area contributed by atoms with E-state index in [0.717, 1.165) is 30.4 Å². The van der Waals surface area contributed by atoms with Crippen LogP contribution in [0.4, 0.5) is 0 Å². The van der Waals surface area contributed by atoms with Gasteiger partial charge in [-0.1, -0.05) is 13.8 Å². The van der Waals surface area contributed by atoms with Crippen molar-refractivity contribution in [2.45, 2.75) is 47.2 Å². The molecule has 2 rings (SSSR count). The van der Waals surface area contributed by atoms with Crippen LogP contribution >= 0.6 is 11.3 Å². The molecule has 0 fully saturated rings. The molecule has 0 aliphatic carbocycles. The molecular formula is C15H25N3OS. The minimum absolute atomic E-state index is 0.375. The molecule has 1 unspecified atom stereocenters. The Balaban J connectivity index is 2.08. The van der Waals surface area contributed by atoms with Crippen LogP contribution in [0.25, 0.3) is 4.96 Å². The van der Waals surface area contributed by atoms with Crippen LogP contribution in [0.1, 0.15) is 37.0 Å². The van der Waals surface area contributed by atoms with Crippen LogP contribution in [-0.4, -0.2) is 28.6 Å². The smallest absolute Gasteiger partial charge is 0.194 e. The maximum Gasteiger partial charge on any atom is 0.194 e. The van der Waals surface area contributed by atoms with Crippen LogP contribution in [0, 0.1) is 19.8 Å². The zero-order chi connectivity index (χ0) is 14.7. The van der Waals surface area contributed by atoms with Gasteiger partial charge in [-0.3, -0.25) is 4.40 Å². The Labute approximate surface area is 125 Å². The van der Waals surface area contributed by atoms with E-state index in [4.69, 9.17) is 4.74 Å². The molecule has 0 spiro atoms. The van der Waals surface area contributed by atoms with Gasteiger partial charge in [0.15, 0.2) is 4.96 Å². The second kappa shape index (κ2) is 6.70. The fourth-order valence-corrected chi connectivity index (χ4v) is 3.17. The summed E-state index contributed by atoms with van der Waals surface area (Å²) < 4.78 is 7.77. The third-order valence-corrected chi connectivity index (χ3v) is 4.48. The highest BCUT2D eigenvalue weighted by molar-refractivity contribution is 7.17. The molecule has 4 nitrogen and oxygen atoms in total. The van der Waals surface area contributed by atoms with Crippen molar-refractivity contribution >= 4 is 16.3 Å². The van der Waals surface area contributed by atoms with Gasteiger partial charge >= 0.3 is 0 Å². The summed E-state index contributed by atoms with van der Waals surface area (Å²) in [7, 11) is 0. The summed E-state index contributed by atoms with van der Waals surface area (Å²) in [6.07, 6.45) is 2.17. The van der Waals surface area contributed by atoms with Gasteiger partial charge in [-0.15, -0.1) is 11.3 Å². The molecule has 0 aliphatic heterocycles. The van der Waals surface area contributed by atoms with E-state index in [-0.39, 0.29) is 0 Å². The first kappa shape index (κ1) is 15.5. The van der Waals surface area contributed by atoms with E-state index >= 15 is 0 Å². The normalized spacial score (nSPS) is 13.5. The molecule has 0 aromatic carbocycles. The lowest BCUT2D eigenvalue weighted by Gasteiger charge is -2.22. The molecule has 0 amide bonds. The SMILES string of the molecule is CCOCC(NCc1c(C)nc2sc(C)cn12)C(C)C. The summed E-state index contributed by atoms with van der Waals surface area (Å²) >= 11 is 1.74. The second-order valence-electron chi connectivity index (χ2n) is 5.53. The van der Waals surface area contributed by atoms with E-state index in [2.05, 4.69) is 48.6 Å². The van der Waals surface area contributed by atoms with Gasteiger partial charge in [0, 0.05) is 30.3 Å². The second-order valence-corrected chi connectivity index (χ2v) is 6.74. The van der Waals surface area contributed by atoms with Gasteiger partial charge in [-0.05, 0) is 26.7 Å². The van der Waals surface area contributed by atoms with Crippen molar-refractivity contribution in [3.63, 3.8) is 0 Å². The van der Waals surface area contributed by atoms with Crippen LogP contribution in [-0.2, 0) is 11.3 Å². The van der Waals surface area contributed by atoms with Gasteiger partial charge in [-0.25, -0.2) is 4.98 Å². The van der Waals surface area contributed by atoms with Crippen molar-refractivity contribution in [3.05, 3.63) is 22.5 Å². The van der Waals surface area contributed by atoms with Gasteiger partial charge in [0.05, 0.1) is 18.0 Å². The summed E-state index contributed by atoms with van der Waals surface area (Å²) in [6, 6.07) is 0.375. The van der Waals surface area contributed by atoms with Crippen LogP contribution in [0.15, 0.2) is 6.20 Å². The summed E-state index contributed by atoms with van der Waals surface area (Å²) in [5.41, 5.74) is 2.37. The quantitative estimate of drug-likeness (QED) is 0.852. The molecule has 0 saturated heterocycles. The lowest BCUT2D eigenvalue weighted by atomic mass is 10.1. The zero-order valence-corrected chi connectivity index (χ0v) is 13.9. The van der Waals surface area contributed by atoms with Crippen molar-refractivity contribution in [1.82, 2.24) is 14.7 Å². The van der Waals surface area contributed by atoms with E-state index in [1.54, 1.807) is 11.3 Å². The average Bonchev–Trinajstić information content (AvgIpc) is 2.85. The number of nitrogens with one attached hydrogen (secondary N) is 1. The predicted octanol–water partition coefficient (Wildman–Crippen LogP) is 3.16. The number of hydrogen-bond donors (Lipinski definition) is 1. The van der Waals surface area contributed by atoms with Crippen molar-refractivity contribution in [3.8, 4) is 0 Å². The van der Waals surface area contributed by atoms with Gasteiger partial charge in [-0.2, -0.15) is 0 Å². The van der Waals surface area contributed by atoms with E-state index in [9.17, 15) is 0 Å². The number of nitrogens with zero attached hydrogens (tertiary/aromatic N) is 2. The fraction of sp³-hybridized carbons (Fsp3) is 0.667. The number of hydrogen-bond acceptors (Lipinski definition) is 4. The third kappa shape index (κ3) is 3.40. The largest absolute Gasteiger partial charge is 0.380 e. The van der Waals surface area contributed by atoms with E-state index in [1.807, 2.05) is 6.92 Å². The lowest BCUT2D eigenvalue weighted by Crippen LogP contribution is -2.38. The molecule has 0 aliphatic rings. The molecule has 20 heavy (non-hydrogen) atoms. The highest BCUT2D eigenvalue weighted by atomic mass is 32.1. The minimum atomic E-state index is 0.375. The summed E-state index contributed by atoms with van der Waals surface area (Å²) in [4.78, 5) is 7.01. The third-order valence-electron chi connectivity index (χ3n) is 3.58. The van der Waals surface area contributed by atoms with Gasteiger partial charge in [0.25, 0.3) is 0 Å². The molecule has 2 aromatic rings. The van der Waals surface area contributed by atoms with Gasteiger partial charge in [0.1, 0.15) is 0 Å². The van der Waals surface area contributed by atoms with Crippen LogP contribution in [0.3, 0.4) is 0 Å². The molecule has 0 radical (unpaired) electrons. The van der Waals surface area contributed by atoms with E-state index in [1.165, 1.54) is 10.6 Å². The van der Waals surface area contributed by atoms with Crippen molar-refractivity contribution in [2.24, 2.45) is 5.92 Å². The van der Waals surface area contributed by atoms with Gasteiger partial charge in [0.2, 0.25) is 0 Å². The minimum Gasteiger partial charge on any atom is -0.380 e. The van der Waals surface area contributed by atoms with Crippen LogP contribution < -0.4 is 5.32 Å². The number of ether oxygens (including phenoxy) is 1. The Hall–Kier alpha value is -0.910. The van der Waals surface area contributed by atoms with E-state index < -0.39 is 0 Å². The topological polar surface area (TPSA) is 38.6 Å².